The molecule has 2 aromatic rings. The quantitative estimate of drug-likeness (QED) is 0.718. The molecule has 0 unspecified atom stereocenters. The van der Waals surface area contributed by atoms with E-state index in [4.69, 9.17) is 0 Å². The van der Waals surface area contributed by atoms with Crippen LogP contribution in [0.2, 0.25) is 0 Å². The van der Waals surface area contributed by atoms with Crippen molar-refractivity contribution in [2.75, 3.05) is 0 Å². The van der Waals surface area contributed by atoms with Crippen molar-refractivity contribution in [3.63, 3.8) is 0 Å². The second-order valence-corrected chi connectivity index (χ2v) is 2.87. The fraction of sp³-hybridized carbons (Fsp3) is 0.200. The second-order valence-electron chi connectivity index (χ2n) is 2.87. The van der Waals surface area contributed by atoms with Gasteiger partial charge in [-0.05, 0) is 12.5 Å². The van der Waals surface area contributed by atoms with Crippen LogP contribution in [0.4, 0.5) is 0 Å². The molecule has 0 radical (unpaired) electrons. The first-order valence-corrected chi connectivity index (χ1v) is 4.23. The molecule has 66 valence electrons. The summed E-state index contributed by atoms with van der Waals surface area (Å²) in [5.41, 5.74) is 1.77. The number of aryl methyl sites for hydroxylation is 1. The van der Waals surface area contributed by atoms with E-state index in [9.17, 15) is 5.11 Å². The number of rotatable bonds is 1. The first kappa shape index (κ1) is 7.98. The van der Waals surface area contributed by atoms with Crippen molar-refractivity contribution in [3.05, 3.63) is 30.2 Å². The fourth-order valence-corrected chi connectivity index (χ4v) is 1.46. The summed E-state index contributed by atoms with van der Waals surface area (Å²) in [6.07, 6.45) is 5.69. The smallest absolute Gasteiger partial charge is 0.137 e. The molecule has 2 rings (SSSR count). The minimum absolute atomic E-state index is 0.265. The molecule has 13 heavy (non-hydrogen) atoms. The van der Waals surface area contributed by atoms with Gasteiger partial charge in [0.2, 0.25) is 0 Å². The van der Waals surface area contributed by atoms with Crippen LogP contribution in [0, 0.1) is 0 Å². The fourth-order valence-electron chi connectivity index (χ4n) is 1.46. The molecule has 0 amide bonds. The largest absolute Gasteiger partial charge is 0.506 e. The number of aromatic nitrogens is 2. The maximum absolute atomic E-state index is 9.53. The summed E-state index contributed by atoms with van der Waals surface area (Å²) in [5, 5.41) is 10.5. The molecule has 2 heterocycles. The maximum atomic E-state index is 9.53. The molecular formula is C10H10N2O. The number of hydrogen-bond donors (Lipinski definition) is 1. The van der Waals surface area contributed by atoms with Crippen molar-refractivity contribution < 1.29 is 5.11 Å². The van der Waals surface area contributed by atoms with E-state index in [2.05, 4.69) is 9.97 Å². The van der Waals surface area contributed by atoms with Crippen LogP contribution in [0.1, 0.15) is 12.5 Å². The molecule has 2 aromatic heterocycles. The van der Waals surface area contributed by atoms with E-state index in [1.165, 1.54) is 6.20 Å². The van der Waals surface area contributed by atoms with Gasteiger partial charge in [-0.1, -0.05) is 6.92 Å². The van der Waals surface area contributed by atoms with Crippen LogP contribution in [0.3, 0.4) is 0 Å². The summed E-state index contributed by atoms with van der Waals surface area (Å²) in [6.45, 7) is 2.01. The first-order valence-electron chi connectivity index (χ1n) is 4.23. The second kappa shape index (κ2) is 3.01. The molecule has 0 atom stereocenters. The topological polar surface area (TPSA) is 46.0 Å². The highest BCUT2D eigenvalue weighted by molar-refractivity contribution is 5.82. The van der Waals surface area contributed by atoms with Crippen molar-refractivity contribution in [2.45, 2.75) is 13.3 Å². The van der Waals surface area contributed by atoms with Crippen LogP contribution < -0.4 is 0 Å². The van der Waals surface area contributed by atoms with Crippen LogP contribution in [0.15, 0.2) is 24.7 Å². The van der Waals surface area contributed by atoms with Gasteiger partial charge in [-0.3, -0.25) is 9.97 Å². The summed E-state index contributed by atoms with van der Waals surface area (Å²) in [5.74, 6) is 0.265. The van der Waals surface area contributed by atoms with E-state index < -0.39 is 0 Å². The van der Waals surface area contributed by atoms with Crippen LogP contribution in [-0.4, -0.2) is 15.1 Å². The van der Waals surface area contributed by atoms with Gasteiger partial charge in [0.25, 0.3) is 0 Å². The lowest BCUT2D eigenvalue weighted by Gasteiger charge is -2.04. The van der Waals surface area contributed by atoms with E-state index in [-0.39, 0.29) is 5.75 Å². The lowest BCUT2D eigenvalue weighted by Crippen LogP contribution is -1.88. The van der Waals surface area contributed by atoms with Gasteiger partial charge in [-0.15, -0.1) is 0 Å². The number of nitrogens with zero attached hydrogens (tertiary/aromatic N) is 2. The van der Waals surface area contributed by atoms with E-state index >= 15 is 0 Å². The Kier molecular flexibility index (Phi) is 1.85. The number of fused-ring (bicyclic) bond motifs is 1. The Morgan fingerprint density at radius 3 is 3.00 bits per heavy atom. The summed E-state index contributed by atoms with van der Waals surface area (Å²) >= 11 is 0. The highest BCUT2D eigenvalue weighted by Crippen LogP contribution is 2.24. The molecule has 3 nitrogen and oxygen atoms in total. The third-order valence-corrected chi connectivity index (χ3v) is 2.11. The SMILES string of the molecule is CCc1c(O)cnc2cnccc12. The third kappa shape index (κ3) is 1.22. The zero-order chi connectivity index (χ0) is 9.26. The predicted octanol–water partition coefficient (Wildman–Crippen LogP) is 1.90. The average Bonchev–Trinajstić information content (AvgIpc) is 2.18. The Balaban J connectivity index is 2.84. The highest BCUT2D eigenvalue weighted by atomic mass is 16.3. The van der Waals surface area contributed by atoms with Gasteiger partial charge >= 0.3 is 0 Å². The van der Waals surface area contributed by atoms with Crippen molar-refractivity contribution in [3.8, 4) is 5.75 Å². The number of aromatic hydroxyl groups is 1. The molecule has 0 saturated heterocycles. The van der Waals surface area contributed by atoms with Crippen molar-refractivity contribution in [1.82, 2.24) is 9.97 Å². The van der Waals surface area contributed by atoms with Crippen LogP contribution in [0.25, 0.3) is 10.9 Å². The lowest BCUT2D eigenvalue weighted by atomic mass is 10.1. The molecule has 0 spiro atoms. The minimum Gasteiger partial charge on any atom is -0.506 e. The number of hydrogen-bond acceptors (Lipinski definition) is 3. The van der Waals surface area contributed by atoms with E-state index in [1.807, 2.05) is 13.0 Å². The average molecular weight is 174 g/mol. The Bertz CT molecular complexity index is 440. The van der Waals surface area contributed by atoms with Gasteiger partial charge in [0, 0.05) is 17.1 Å². The Labute approximate surface area is 76.1 Å². The summed E-state index contributed by atoms with van der Waals surface area (Å²) in [6, 6.07) is 1.88. The van der Waals surface area contributed by atoms with E-state index in [0.29, 0.717) is 0 Å². The molecule has 0 saturated carbocycles. The summed E-state index contributed by atoms with van der Waals surface area (Å²) < 4.78 is 0. The molecule has 0 aliphatic carbocycles. The minimum atomic E-state index is 0.265. The van der Waals surface area contributed by atoms with Gasteiger partial charge in [-0.2, -0.15) is 0 Å². The Hall–Kier alpha value is -1.64. The summed E-state index contributed by atoms with van der Waals surface area (Å²) in [4.78, 5) is 8.05. The van der Waals surface area contributed by atoms with Gasteiger partial charge in [-0.25, -0.2) is 0 Å². The normalized spacial score (nSPS) is 10.5. The summed E-state index contributed by atoms with van der Waals surface area (Å²) in [7, 11) is 0. The number of pyridine rings is 2. The van der Waals surface area contributed by atoms with Gasteiger partial charge < -0.3 is 5.11 Å². The predicted molar refractivity (Wildman–Crippen MR) is 50.6 cm³/mol. The molecule has 3 heteroatoms. The van der Waals surface area contributed by atoms with Gasteiger partial charge in [0.1, 0.15) is 5.75 Å². The standard InChI is InChI=1S/C10H10N2O/c1-2-7-8-3-4-11-5-9(8)12-6-10(7)13/h3-6,13H,2H2,1H3. The van der Waals surface area contributed by atoms with Crippen molar-refractivity contribution in [1.29, 1.82) is 0 Å². The lowest BCUT2D eigenvalue weighted by molar-refractivity contribution is 0.467. The van der Waals surface area contributed by atoms with Crippen LogP contribution in [0.5, 0.6) is 5.75 Å². The molecule has 0 aromatic carbocycles. The van der Waals surface area contributed by atoms with Crippen molar-refractivity contribution >= 4 is 10.9 Å². The molecule has 1 N–H and O–H groups in total. The van der Waals surface area contributed by atoms with E-state index in [0.717, 1.165) is 22.9 Å². The monoisotopic (exact) mass is 174 g/mol. The van der Waals surface area contributed by atoms with Crippen LogP contribution in [-0.2, 0) is 6.42 Å². The zero-order valence-corrected chi connectivity index (χ0v) is 7.36. The molecule has 0 bridgehead atoms. The van der Waals surface area contributed by atoms with Gasteiger partial charge in [0.15, 0.2) is 0 Å². The van der Waals surface area contributed by atoms with E-state index in [1.54, 1.807) is 12.4 Å². The Morgan fingerprint density at radius 1 is 1.38 bits per heavy atom. The van der Waals surface area contributed by atoms with Crippen molar-refractivity contribution in [2.24, 2.45) is 0 Å². The molecule has 0 aliphatic heterocycles. The maximum Gasteiger partial charge on any atom is 0.137 e. The highest BCUT2D eigenvalue weighted by Gasteiger charge is 2.04. The zero-order valence-electron chi connectivity index (χ0n) is 7.36. The molecular weight excluding hydrogens is 164 g/mol. The van der Waals surface area contributed by atoms with Gasteiger partial charge in [0.05, 0.1) is 17.9 Å². The Morgan fingerprint density at radius 2 is 2.23 bits per heavy atom. The molecule has 0 aliphatic rings. The van der Waals surface area contributed by atoms with Crippen LogP contribution >= 0.6 is 0 Å². The third-order valence-electron chi connectivity index (χ3n) is 2.11. The molecule has 0 fully saturated rings. The first-order chi connectivity index (χ1) is 6.33.